The van der Waals surface area contributed by atoms with Crippen molar-refractivity contribution >= 4 is 11.9 Å². The third kappa shape index (κ3) is 1.59. The number of fused-ring (bicyclic) bond motifs is 2. The Kier molecular flexibility index (Phi) is 2.45. The number of hydrogen-bond acceptors (Lipinski definition) is 5. The number of methoxy groups -OCH3 is 1. The molecule has 2 heterocycles. The number of ether oxygens (including phenoxy) is 3. The largest absolute Gasteiger partial charge is 0.466 e. The van der Waals surface area contributed by atoms with Crippen LogP contribution in [-0.4, -0.2) is 36.4 Å². The summed E-state index contributed by atoms with van der Waals surface area (Å²) in [7, 11) is 1.28. The van der Waals surface area contributed by atoms with E-state index in [4.69, 9.17) is 9.47 Å². The van der Waals surface area contributed by atoms with Gasteiger partial charge in [0, 0.05) is 0 Å². The first-order valence-electron chi connectivity index (χ1n) is 5.38. The SMILES string of the molecule is COC(=O)[C@]1(C)OC(=O)C[C@]2(C)CC[C@H]1O2. The van der Waals surface area contributed by atoms with Gasteiger partial charge in [-0.15, -0.1) is 0 Å². The predicted molar refractivity (Wildman–Crippen MR) is 53.6 cm³/mol. The Labute approximate surface area is 94.0 Å². The Balaban J connectivity index is 2.33. The summed E-state index contributed by atoms with van der Waals surface area (Å²) in [5.74, 6) is -0.963. The molecule has 0 spiro atoms. The molecule has 0 radical (unpaired) electrons. The maximum Gasteiger partial charge on any atom is 0.352 e. The molecule has 3 atom stereocenters. The molecule has 2 saturated heterocycles. The third-order valence-corrected chi connectivity index (χ3v) is 3.41. The second-order valence-corrected chi connectivity index (χ2v) is 4.84. The van der Waals surface area contributed by atoms with Gasteiger partial charge in [-0.25, -0.2) is 4.79 Å². The minimum atomic E-state index is -1.31. The normalized spacial score (nSPS) is 42.4. The van der Waals surface area contributed by atoms with Gasteiger partial charge in [0.05, 0.1) is 19.1 Å². The predicted octanol–water partition coefficient (Wildman–Crippen LogP) is 0.803. The van der Waals surface area contributed by atoms with E-state index in [1.165, 1.54) is 7.11 Å². The smallest absolute Gasteiger partial charge is 0.352 e. The second kappa shape index (κ2) is 3.45. The molecule has 0 aromatic carbocycles. The molecule has 2 aliphatic rings. The van der Waals surface area contributed by atoms with Crippen LogP contribution in [0.25, 0.3) is 0 Å². The Morgan fingerprint density at radius 2 is 2.19 bits per heavy atom. The van der Waals surface area contributed by atoms with Crippen LogP contribution in [0.4, 0.5) is 0 Å². The van der Waals surface area contributed by atoms with Crippen molar-refractivity contribution in [3.05, 3.63) is 0 Å². The Hall–Kier alpha value is -1.10. The summed E-state index contributed by atoms with van der Waals surface area (Å²) in [6.07, 6.45) is 1.25. The first-order valence-corrected chi connectivity index (χ1v) is 5.38. The first kappa shape index (κ1) is 11.4. The van der Waals surface area contributed by atoms with Crippen LogP contribution in [0.5, 0.6) is 0 Å². The van der Waals surface area contributed by atoms with Gasteiger partial charge in [-0.2, -0.15) is 0 Å². The summed E-state index contributed by atoms with van der Waals surface area (Å²) in [6, 6.07) is 0. The highest BCUT2D eigenvalue weighted by molar-refractivity contribution is 5.84. The second-order valence-electron chi connectivity index (χ2n) is 4.84. The molecular weight excluding hydrogens is 212 g/mol. The fraction of sp³-hybridized carbons (Fsp3) is 0.818. The van der Waals surface area contributed by atoms with E-state index in [0.717, 1.165) is 6.42 Å². The van der Waals surface area contributed by atoms with Gasteiger partial charge in [-0.05, 0) is 26.7 Å². The molecule has 0 aromatic rings. The van der Waals surface area contributed by atoms with Crippen LogP contribution in [0.1, 0.15) is 33.1 Å². The Bertz CT molecular complexity index is 339. The molecule has 2 rings (SSSR count). The van der Waals surface area contributed by atoms with Crippen molar-refractivity contribution in [3.63, 3.8) is 0 Å². The summed E-state index contributed by atoms with van der Waals surface area (Å²) < 4.78 is 15.7. The lowest BCUT2D eigenvalue weighted by atomic mass is 9.92. The van der Waals surface area contributed by atoms with Gasteiger partial charge in [-0.3, -0.25) is 4.79 Å². The van der Waals surface area contributed by atoms with Crippen LogP contribution in [0.15, 0.2) is 0 Å². The molecule has 5 nitrogen and oxygen atoms in total. The highest BCUT2D eigenvalue weighted by Crippen LogP contribution is 2.42. The number of hydrogen-bond donors (Lipinski definition) is 0. The highest BCUT2D eigenvalue weighted by atomic mass is 16.6. The molecule has 0 unspecified atom stereocenters. The number of carbonyl (C=O) groups excluding carboxylic acids is 2. The van der Waals surface area contributed by atoms with Crippen molar-refractivity contribution in [2.45, 2.75) is 50.4 Å². The van der Waals surface area contributed by atoms with E-state index < -0.39 is 29.2 Å². The van der Waals surface area contributed by atoms with Crippen LogP contribution in [0.3, 0.4) is 0 Å². The molecule has 0 N–H and O–H groups in total. The van der Waals surface area contributed by atoms with Gasteiger partial charge >= 0.3 is 11.9 Å². The highest BCUT2D eigenvalue weighted by Gasteiger charge is 2.56. The molecule has 2 bridgehead atoms. The van der Waals surface area contributed by atoms with Gasteiger partial charge in [0.1, 0.15) is 6.10 Å². The van der Waals surface area contributed by atoms with Crippen molar-refractivity contribution in [1.29, 1.82) is 0 Å². The third-order valence-electron chi connectivity index (χ3n) is 3.41. The van der Waals surface area contributed by atoms with Gasteiger partial charge in [0.15, 0.2) is 0 Å². The molecule has 16 heavy (non-hydrogen) atoms. The monoisotopic (exact) mass is 228 g/mol. The molecule has 5 heteroatoms. The molecule has 90 valence electrons. The minimum Gasteiger partial charge on any atom is -0.466 e. The zero-order chi connectivity index (χ0) is 12.0. The zero-order valence-electron chi connectivity index (χ0n) is 9.74. The Morgan fingerprint density at radius 3 is 2.81 bits per heavy atom. The van der Waals surface area contributed by atoms with Crippen LogP contribution in [-0.2, 0) is 23.8 Å². The average Bonchev–Trinajstić information content (AvgIpc) is 2.54. The van der Waals surface area contributed by atoms with Crippen molar-refractivity contribution < 1.29 is 23.8 Å². The van der Waals surface area contributed by atoms with Gasteiger partial charge < -0.3 is 14.2 Å². The summed E-state index contributed by atoms with van der Waals surface area (Å²) in [5.41, 5.74) is -1.80. The van der Waals surface area contributed by atoms with E-state index in [9.17, 15) is 9.59 Å². The summed E-state index contributed by atoms with van der Waals surface area (Å²) in [4.78, 5) is 23.3. The van der Waals surface area contributed by atoms with E-state index in [1.54, 1.807) is 6.92 Å². The van der Waals surface area contributed by atoms with Crippen molar-refractivity contribution in [2.75, 3.05) is 7.11 Å². The average molecular weight is 228 g/mol. The summed E-state index contributed by atoms with van der Waals surface area (Å²) in [5, 5.41) is 0. The van der Waals surface area contributed by atoms with Crippen LogP contribution in [0, 0.1) is 0 Å². The number of esters is 2. The molecule has 0 saturated carbocycles. The molecule has 0 aliphatic carbocycles. The topological polar surface area (TPSA) is 61.8 Å². The van der Waals surface area contributed by atoms with Crippen molar-refractivity contribution in [3.8, 4) is 0 Å². The van der Waals surface area contributed by atoms with E-state index >= 15 is 0 Å². The lowest BCUT2D eigenvalue weighted by molar-refractivity contribution is -0.188. The lowest BCUT2D eigenvalue weighted by Gasteiger charge is -2.30. The Morgan fingerprint density at radius 1 is 1.50 bits per heavy atom. The molecule has 0 amide bonds. The first-order chi connectivity index (χ1) is 7.39. The fourth-order valence-corrected chi connectivity index (χ4v) is 2.44. The molecule has 0 aromatic heterocycles. The van der Waals surface area contributed by atoms with Crippen LogP contribution in [0.2, 0.25) is 0 Å². The van der Waals surface area contributed by atoms with E-state index in [-0.39, 0.29) is 6.42 Å². The molecular formula is C11H16O5. The number of cyclic esters (lactones) is 1. The summed E-state index contributed by atoms with van der Waals surface area (Å²) >= 11 is 0. The van der Waals surface area contributed by atoms with Gasteiger partial charge in [0.2, 0.25) is 5.60 Å². The zero-order valence-corrected chi connectivity index (χ0v) is 9.74. The maximum absolute atomic E-state index is 11.7. The van der Waals surface area contributed by atoms with E-state index in [2.05, 4.69) is 4.74 Å². The van der Waals surface area contributed by atoms with Crippen LogP contribution >= 0.6 is 0 Å². The minimum absolute atomic E-state index is 0.191. The standard InChI is InChI=1S/C11H16O5/c1-10-5-4-7(15-10)11(2,9(13)14-3)16-8(12)6-10/h7H,4-6H2,1-3H3/t7-,10+,11-/m1/s1. The molecule has 2 fully saturated rings. The van der Waals surface area contributed by atoms with Gasteiger partial charge in [-0.1, -0.05) is 0 Å². The fourth-order valence-electron chi connectivity index (χ4n) is 2.44. The quantitative estimate of drug-likeness (QED) is 0.621. The van der Waals surface area contributed by atoms with Crippen molar-refractivity contribution in [1.82, 2.24) is 0 Å². The van der Waals surface area contributed by atoms with E-state index in [0.29, 0.717) is 6.42 Å². The molecule has 2 aliphatic heterocycles. The summed E-state index contributed by atoms with van der Waals surface area (Å²) in [6.45, 7) is 3.43. The van der Waals surface area contributed by atoms with E-state index in [1.807, 2.05) is 6.92 Å². The maximum atomic E-state index is 11.7. The lowest BCUT2D eigenvalue weighted by Crippen LogP contribution is -2.50. The number of rotatable bonds is 1. The van der Waals surface area contributed by atoms with Gasteiger partial charge in [0.25, 0.3) is 0 Å². The van der Waals surface area contributed by atoms with Crippen LogP contribution < -0.4 is 0 Å². The van der Waals surface area contributed by atoms with Crippen molar-refractivity contribution in [2.24, 2.45) is 0 Å². The number of carbonyl (C=O) groups is 2.